The van der Waals surface area contributed by atoms with Crippen LogP contribution in [-0.2, 0) is 6.42 Å². The molecule has 114 valence electrons. The van der Waals surface area contributed by atoms with Gasteiger partial charge in [0.15, 0.2) is 5.78 Å². The molecule has 0 spiro atoms. The van der Waals surface area contributed by atoms with Crippen molar-refractivity contribution in [2.24, 2.45) is 0 Å². The van der Waals surface area contributed by atoms with Crippen molar-refractivity contribution in [3.8, 4) is 0 Å². The van der Waals surface area contributed by atoms with E-state index >= 15 is 0 Å². The first-order chi connectivity index (χ1) is 10.6. The van der Waals surface area contributed by atoms with E-state index in [4.69, 9.17) is 0 Å². The number of aromatic nitrogens is 4. The van der Waals surface area contributed by atoms with Gasteiger partial charge in [0.1, 0.15) is 5.82 Å². The van der Waals surface area contributed by atoms with Crippen LogP contribution >= 0.6 is 11.8 Å². The Morgan fingerprint density at radius 3 is 2.86 bits per heavy atom. The number of nitrogens with zero attached hydrogens (tertiary/aromatic N) is 2. The Kier molecular flexibility index (Phi) is 4.02. The van der Waals surface area contributed by atoms with Crippen LogP contribution in [0.3, 0.4) is 0 Å². The van der Waals surface area contributed by atoms with Gasteiger partial charge < -0.3 is 4.98 Å². The highest BCUT2D eigenvalue weighted by molar-refractivity contribution is 8.00. The molecule has 0 saturated carbocycles. The minimum absolute atomic E-state index is 0.0998. The second kappa shape index (κ2) is 5.96. The van der Waals surface area contributed by atoms with E-state index < -0.39 is 0 Å². The minimum Gasteiger partial charge on any atom is -0.358 e. The van der Waals surface area contributed by atoms with Crippen molar-refractivity contribution in [1.29, 1.82) is 0 Å². The van der Waals surface area contributed by atoms with Gasteiger partial charge in [-0.1, -0.05) is 36.9 Å². The van der Waals surface area contributed by atoms with Crippen LogP contribution in [0.15, 0.2) is 29.4 Å². The van der Waals surface area contributed by atoms with E-state index in [1.165, 1.54) is 11.8 Å². The Morgan fingerprint density at radius 2 is 2.14 bits per heavy atom. The summed E-state index contributed by atoms with van der Waals surface area (Å²) in [6.07, 6.45) is 0.803. The molecule has 2 aromatic heterocycles. The second-order valence-corrected chi connectivity index (χ2v) is 6.52. The quantitative estimate of drug-likeness (QED) is 0.558. The Morgan fingerprint density at radius 1 is 1.36 bits per heavy atom. The van der Waals surface area contributed by atoms with Crippen LogP contribution in [0.2, 0.25) is 0 Å². The summed E-state index contributed by atoms with van der Waals surface area (Å²) in [6.45, 7) is 5.85. The number of hydrogen-bond acceptors (Lipinski definition) is 4. The van der Waals surface area contributed by atoms with Crippen molar-refractivity contribution in [2.45, 2.75) is 37.6 Å². The number of para-hydroxylation sites is 1. The molecule has 22 heavy (non-hydrogen) atoms. The van der Waals surface area contributed by atoms with Crippen molar-refractivity contribution < 1.29 is 4.79 Å². The maximum Gasteiger partial charge on any atom is 0.209 e. The summed E-state index contributed by atoms with van der Waals surface area (Å²) in [5.74, 6) is 0.938. The number of nitrogens with one attached hydrogen (secondary N) is 2. The average molecular weight is 314 g/mol. The van der Waals surface area contributed by atoms with Gasteiger partial charge in [-0.15, -0.1) is 5.10 Å². The lowest BCUT2D eigenvalue weighted by Gasteiger charge is -2.08. The molecule has 0 radical (unpaired) electrons. The predicted molar refractivity (Wildman–Crippen MR) is 88.4 cm³/mol. The zero-order valence-electron chi connectivity index (χ0n) is 12.8. The largest absolute Gasteiger partial charge is 0.358 e. The molecule has 6 heteroatoms. The highest BCUT2D eigenvalue weighted by atomic mass is 32.2. The molecule has 0 saturated heterocycles. The van der Waals surface area contributed by atoms with Crippen LogP contribution in [-0.4, -0.2) is 31.2 Å². The zero-order valence-corrected chi connectivity index (χ0v) is 13.6. The highest BCUT2D eigenvalue weighted by Gasteiger charge is 2.23. The molecule has 0 bridgehead atoms. The van der Waals surface area contributed by atoms with Gasteiger partial charge in [0.25, 0.3) is 0 Å². The molecule has 0 amide bonds. The summed E-state index contributed by atoms with van der Waals surface area (Å²) >= 11 is 1.39. The molecule has 1 aromatic carbocycles. The first kappa shape index (κ1) is 14.8. The fourth-order valence-electron chi connectivity index (χ4n) is 2.50. The number of ketones is 1. The third-order valence-electron chi connectivity index (χ3n) is 3.64. The molecular weight excluding hydrogens is 296 g/mol. The Bertz CT molecular complexity index is 821. The van der Waals surface area contributed by atoms with E-state index in [2.05, 4.69) is 20.2 Å². The molecule has 3 aromatic rings. The van der Waals surface area contributed by atoms with Crippen molar-refractivity contribution in [3.05, 3.63) is 41.3 Å². The number of H-pyrrole nitrogens is 2. The van der Waals surface area contributed by atoms with Crippen LogP contribution in [0.25, 0.3) is 10.9 Å². The molecule has 0 unspecified atom stereocenters. The second-order valence-electron chi connectivity index (χ2n) is 5.21. The van der Waals surface area contributed by atoms with E-state index in [1.54, 1.807) is 0 Å². The van der Waals surface area contributed by atoms with E-state index in [9.17, 15) is 4.79 Å². The zero-order chi connectivity index (χ0) is 15.7. The van der Waals surface area contributed by atoms with Crippen molar-refractivity contribution >= 4 is 28.4 Å². The summed E-state index contributed by atoms with van der Waals surface area (Å²) < 4.78 is 0. The van der Waals surface area contributed by atoms with Gasteiger partial charge >= 0.3 is 0 Å². The van der Waals surface area contributed by atoms with Gasteiger partial charge in [-0.2, -0.15) is 0 Å². The standard InChI is InChI=1S/C16H18N4OS/c1-4-13-18-16(20-19-13)22-10(3)15(21)14-9(2)17-12-8-6-5-7-11(12)14/h5-8,10,17H,4H2,1-3H3,(H,18,19,20)/t10-/m0/s1. The van der Waals surface area contributed by atoms with E-state index in [-0.39, 0.29) is 11.0 Å². The maximum absolute atomic E-state index is 12.8. The molecular formula is C16H18N4OS. The number of aryl methyl sites for hydroxylation is 2. The number of thioether (sulfide) groups is 1. The SMILES string of the molecule is CCc1nc(S[C@@H](C)C(=O)c2c(C)[nH]c3ccccc23)n[nH]1. The first-order valence-electron chi connectivity index (χ1n) is 7.29. The summed E-state index contributed by atoms with van der Waals surface area (Å²) in [5.41, 5.74) is 2.66. The minimum atomic E-state index is -0.238. The molecule has 0 aliphatic carbocycles. The fourth-order valence-corrected chi connectivity index (χ4v) is 3.30. The van der Waals surface area contributed by atoms with Crippen LogP contribution in [0, 0.1) is 6.92 Å². The van der Waals surface area contributed by atoms with Crippen LogP contribution in [0.5, 0.6) is 0 Å². The number of rotatable bonds is 5. The molecule has 0 fully saturated rings. The molecule has 2 N–H and O–H groups in total. The number of carbonyl (C=O) groups is 1. The lowest BCUT2D eigenvalue weighted by atomic mass is 10.1. The van der Waals surface area contributed by atoms with Crippen molar-refractivity contribution in [2.75, 3.05) is 0 Å². The monoisotopic (exact) mass is 314 g/mol. The number of Topliss-reactive ketones (excluding diaryl/α,β-unsaturated/α-hetero) is 1. The summed E-state index contributed by atoms with van der Waals surface area (Å²) in [6, 6.07) is 7.88. The normalized spacial score (nSPS) is 12.7. The van der Waals surface area contributed by atoms with Crippen molar-refractivity contribution in [3.63, 3.8) is 0 Å². The number of benzene rings is 1. The third-order valence-corrected chi connectivity index (χ3v) is 4.60. The van der Waals surface area contributed by atoms with E-state index in [1.807, 2.05) is 45.0 Å². The third kappa shape index (κ3) is 2.66. The molecule has 0 aliphatic rings. The molecule has 0 aliphatic heterocycles. The van der Waals surface area contributed by atoms with Gasteiger partial charge in [-0.05, 0) is 19.9 Å². The summed E-state index contributed by atoms with van der Waals surface area (Å²) in [5, 5.41) is 8.38. The number of carbonyl (C=O) groups excluding carboxylic acids is 1. The highest BCUT2D eigenvalue weighted by Crippen LogP contribution is 2.28. The lowest BCUT2D eigenvalue weighted by molar-refractivity contribution is 0.0995. The van der Waals surface area contributed by atoms with Gasteiger partial charge in [0.2, 0.25) is 5.16 Å². The number of hydrogen-bond donors (Lipinski definition) is 2. The van der Waals surface area contributed by atoms with Crippen LogP contribution in [0.1, 0.15) is 35.7 Å². The Balaban J connectivity index is 1.87. The topological polar surface area (TPSA) is 74.4 Å². The number of aromatic amines is 2. The van der Waals surface area contributed by atoms with Gasteiger partial charge in [0, 0.05) is 28.6 Å². The summed E-state index contributed by atoms with van der Waals surface area (Å²) in [4.78, 5) is 20.4. The predicted octanol–water partition coefficient (Wildman–Crippen LogP) is 3.52. The molecule has 1 atom stereocenters. The van der Waals surface area contributed by atoms with Gasteiger partial charge in [0.05, 0.1) is 5.25 Å². The van der Waals surface area contributed by atoms with Crippen LogP contribution < -0.4 is 0 Å². The fraction of sp³-hybridized carbons (Fsp3) is 0.312. The Labute approximate surface area is 132 Å². The van der Waals surface area contributed by atoms with Crippen molar-refractivity contribution in [1.82, 2.24) is 20.2 Å². The Hall–Kier alpha value is -2.08. The van der Waals surface area contributed by atoms with Crippen LogP contribution in [0.4, 0.5) is 0 Å². The molecule has 3 rings (SSSR count). The first-order valence-corrected chi connectivity index (χ1v) is 8.17. The van der Waals surface area contributed by atoms with E-state index in [0.717, 1.165) is 34.4 Å². The molecule has 2 heterocycles. The number of fused-ring (bicyclic) bond motifs is 1. The summed E-state index contributed by atoms with van der Waals surface area (Å²) in [7, 11) is 0. The van der Waals surface area contributed by atoms with Gasteiger partial charge in [-0.3, -0.25) is 9.89 Å². The van der Waals surface area contributed by atoms with Gasteiger partial charge in [-0.25, -0.2) is 4.98 Å². The molecule has 5 nitrogen and oxygen atoms in total. The maximum atomic E-state index is 12.8. The van der Waals surface area contributed by atoms with E-state index in [0.29, 0.717) is 5.16 Å². The smallest absolute Gasteiger partial charge is 0.209 e. The average Bonchev–Trinajstić information content (AvgIpc) is 3.09. The lowest BCUT2D eigenvalue weighted by Crippen LogP contribution is -2.14.